The lowest BCUT2D eigenvalue weighted by Crippen LogP contribution is -2.29. The third-order valence-electron chi connectivity index (χ3n) is 2.57. The number of hydrogen-bond acceptors (Lipinski definition) is 5. The Morgan fingerprint density at radius 2 is 2.35 bits per heavy atom. The Balaban J connectivity index is 0.00000144. The van der Waals surface area contributed by atoms with Gasteiger partial charge in [-0.1, -0.05) is 0 Å². The Hall–Kier alpha value is -1.17. The first-order chi connectivity index (χ1) is 7.86. The maximum atomic E-state index is 5.64. The molecule has 0 spiro atoms. The Kier molecular flexibility index (Phi) is 5.90. The van der Waals surface area contributed by atoms with Crippen molar-refractivity contribution in [3.63, 3.8) is 0 Å². The van der Waals surface area contributed by atoms with Crippen LogP contribution in [-0.4, -0.2) is 37.5 Å². The zero-order valence-corrected chi connectivity index (χ0v) is 10.2. The zero-order chi connectivity index (χ0) is 11.2. The molecule has 17 heavy (non-hydrogen) atoms. The molecule has 5 heteroatoms. The van der Waals surface area contributed by atoms with Crippen molar-refractivity contribution in [3.05, 3.63) is 24.0 Å². The lowest BCUT2D eigenvalue weighted by Gasteiger charge is -2.22. The molecule has 1 aromatic rings. The minimum absolute atomic E-state index is 0. The molecule has 0 aliphatic carbocycles. The Morgan fingerprint density at radius 1 is 1.47 bits per heavy atom. The van der Waals surface area contributed by atoms with Crippen LogP contribution in [0.1, 0.15) is 12.0 Å². The van der Waals surface area contributed by atoms with Crippen molar-refractivity contribution in [2.24, 2.45) is 0 Å². The summed E-state index contributed by atoms with van der Waals surface area (Å²) in [5, 5.41) is 0. The molecule has 0 radical (unpaired) electrons. The van der Waals surface area contributed by atoms with Gasteiger partial charge < -0.3 is 20.4 Å². The van der Waals surface area contributed by atoms with Gasteiger partial charge in [-0.2, -0.15) is 0 Å². The predicted octanol–water partition coefficient (Wildman–Crippen LogP) is 1.74. The monoisotopic (exact) mass is 240 g/mol. The molecule has 0 bridgehead atoms. The van der Waals surface area contributed by atoms with E-state index in [-0.39, 0.29) is 12.3 Å². The smallest absolute Gasteiger partial charge is 0.140 e. The van der Waals surface area contributed by atoms with Crippen molar-refractivity contribution in [2.45, 2.75) is 19.4 Å². The van der Waals surface area contributed by atoms with Crippen LogP contribution in [0.25, 0.3) is 0 Å². The maximum Gasteiger partial charge on any atom is 0.140 e. The van der Waals surface area contributed by atoms with Gasteiger partial charge in [0.15, 0.2) is 0 Å². The van der Waals surface area contributed by atoms with Gasteiger partial charge in [0.2, 0.25) is 0 Å². The molecule has 0 amide bonds. The highest BCUT2D eigenvalue weighted by Crippen LogP contribution is 2.15. The average Bonchev–Trinajstić information content (AvgIpc) is 2.33. The second-order valence-electron chi connectivity index (χ2n) is 3.85. The summed E-state index contributed by atoms with van der Waals surface area (Å²) in [5.74, 6) is 0.847. The van der Waals surface area contributed by atoms with Crippen LogP contribution in [-0.2, 0) is 9.47 Å². The van der Waals surface area contributed by atoms with Gasteiger partial charge >= 0.3 is 0 Å². The first-order valence-electron chi connectivity index (χ1n) is 5.59. The number of aryl methyl sites for hydroxylation is 1. The van der Waals surface area contributed by atoms with Crippen LogP contribution in [0.5, 0.6) is 5.75 Å². The Bertz CT molecular complexity index is 327. The lowest BCUT2D eigenvalue weighted by molar-refractivity contribution is -0.0935. The summed E-state index contributed by atoms with van der Waals surface area (Å²) in [5.41, 5.74) is 1.11. The Morgan fingerprint density at radius 3 is 3.06 bits per heavy atom. The predicted molar refractivity (Wildman–Crippen MR) is 64.7 cm³/mol. The normalized spacial score (nSPS) is 19.5. The van der Waals surface area contributed by atoms with Crippen LogP contribution in [0.3, 0.4) is 0 Å². The zero-order valence-electron chi connectivity index (χ0n) is 10.2. The van der Waals surface area contributed by atoms with Gasteiger partial charge in [-0.25, -0.2) is 0 Å². The van der Waals surface area contributed by atoms with Crippen LogP contribution in [0.2, 0.25) is 0 Å². The molecular formula is C12H20N2O3. The Labute approximate surface area is 102 Å². The van der Waals surface area contributed by atoms with Gasteiger partial charge in [0.05, 0.1) is 38.7 Å². The van der Waals surface area contributed by atoms with E-state index in [1.807, 2.05) is 13.0 Å². The van der Waals surface area contributed by atoms with E-state index in [0.29, 0.717) is 26.4 Å². The number of ether oxygens (including phenoxy) is 3. The molecule has 0 saturated carbocycles. The molecule has 2 rings (SSSR count). The fourth-order valence-corrected chi connectivity index (χ4v) is 1.60. The number of nitrogens with zero attached hydrogens (tertiary/aromatic N) is 1. The van der Waals surface area contributed by atoms with E-state index in [1.54, 1.807) is 12.4 Å². The summed E-state index contributed by atoms with van der Waals surface area (Å²) in [4.78, 5) is 4.03. The minimum Gasteiger partial charge on any atom is -0.492 e. The minimum atomic E-state index is 0. The van der Waals surface area contributed by atoms with E-state index in [2.05, 4.69) is 4.98 Å². The van der Waals surface area contributed by atoms with Crippen LogP contribution < -0.4 is 10.9 Å². The molecule has 0 aromatic carbocycles. The summed E-state index contributed by atoms with van der Waals surface area (Å²) in [6.45, 7) is 4.73. The summed E-state index contributed by atoms with van der Waals surface area (Å²) in [7, 11) is 0. The molecule has 1 aliphatic rings. The maximum absolute atomic E-state index is 5.64. The van der Waals surface area contributed by atoms with Crippen LogP contribution in [0, 0.1) is 6.92 Å². The van der Waals surface area contributed by atoms with Crippen molar-refractivity contribution in [3.8, 4) is 5.75 Å². The van der Waals surface area contributed by atoms with Gasteiger partial charge in [-0.3, -0.25) is 4.98 Å². The fraction of sp³-hybridized carbons (Fsp3) is 0.583. The number of pyridine rings is 1. The molecule has 1 atom stereocenters. The van der Waals surface area contributed by atoms with E-state index in [1.165, 1.54) is 0 Å². The molecule has 5 nitrogen and oxygen atoms in total. The van der Waals surface area contributed by atoms with E-state index < -0.39 is 0 Å². The first kappa shape index (κ1) is 13.9. The second kappa shape index (κ2) is 7.21. The topological polar surface area (TPSA) is 75.6 Å². The van der Waals surface area contributed by atoms with Crippen molar-refractivity contribution >= 4 is 0 Å². The van der Waals surface area contributed by atoms with Gasteiger partial charge in [-0.15, -0.1) is 0 Å². The lowest BCUT2D eigenvalue weighted by atomic mass is 10.2. The summed E-state index contributed by atoms with van der Waals surface area (Å²) in [6.07, 6.45) is 4.54. The molecule has 1 unspecified atom stereocenters. The van der Waals surface area contributed by atoms with Gasteiger partial charge in [0.25, 0.3) is 0 Å². The molecule has 1 aliphatic heterocycles. The highest BCUT2D eigenvalue weighted by atomic mass is 16.6. The van der Waals surface area contributed by atoms with E-state index in [0.717, 1.165) is 17.7 Å². The molecule has 1 fully saturated rings. The number of aromatic nitrogens is 1. The highest BCUT2D eigenvalue weighted by molar-refractivity contribution is 5.27. The van der Waals surface area contributed by atoms with Crippen molar-refractivity contribution in [1.29, 1.82) is 0 Å². The third kappa shape index (κ3) is 4.30. The van der Waals surface area contributed by atoms with Crippen LogP contribution in [0.15, 0.2) is 18.5 Å². The number of rotatable bonds is 4. The molecule has 3 N–H and O–H groups in total. The summed E-state index contributed by atoms with van der Waals surface area (Å²) < 4.78 is 16.5. The van der Waals surface area contributed by atoms with Gasteiger partial charge in [0, 0.05) is 12.6 Å². The van der Waals surface area contributed by atoms with Crippen LogP contribution in [0.4, 0.5) is 0 Å². The van der Waals surface area contributed by atoms with Crippen molar-refractivity contribution < 1.29 is 14.2 Å². The van der Waals surface area contributed by atoms with E-state index in [9.17, 15) is 0 Å². The molecule has 1 aromatic heterocycles. The number of hydrogen-bond donors (Lipinski definition) is 1. The molecule has 2 heterocycles. The standard InChI is InChI=1S/C12H17NO3.H3N/c1-10-2-4-13-8-12(10)16-5-3-11-9-14-6-7-15-11;/h2,4,8,11H,3,5-7,9H2,1H3;1H3. The quantitative estimate of drug-likeness (QED) is 0.867. The van der Waals surface area contributed by atoms with Crippen molar-refractivity contribution in [2.75, 3.05) is 26.4 Å². The fourth-order valence-electron chi connectivity index (χ4n) is 1.60. The average molecular weight is 240 g/mol. The van der Waals surface area contributed by atoms with E-state index in [4.69, 9.17) is 14.2 Å². The summed E-state index contributed by atoms with van der Waals surface area (Å²) in [6, 6.07) is 1.94. The SMILES string of the molecule is Cc1ccncc1OCCC1COCCO1.N. The van der Waals surface area contributed by atoms with E-state index >= 15 is 0 Å². The first-order valence-corrected chi connectivity index (χ1v) is 5.59. The van der Waals surface area contributed by atoms with Crippen LogP contribution >= 0.6 is 0 Å². The van der Waals surface area contributed by atoms with Gasteiger partial charge in [0.1, 0.15) is 5.75 Å². The molecule has 96 valence electrons. The molecular weight excluding hydrogens is 220 g/mol. The van der Waals surface area contributed by atoms with Gasteiger partial charge in [-0.05, 0) is 18.6 Å². The largest absolute Gasteiger partial charge is 0.492 e. The third-order valence-corrected chi connectivity index (χ3v) is 2.57. The second-order valence-corrected chi connectivity index (χ2v) is 3.85. The summed E-state index contributed by atoms with van der Waals surface area (Å²) >= 11 is 0. The molecule has 1 saturated heterocycles. The van der Waals surface area contributed by atoms with Crippen molar-refractivity contribution in [1.82, 2.24) is 11.1 Å². The highest BCUT2D eigenvalue weighted by Gasteiger charge is 2.14.